The first-order valence-corrected chi connectivity index (χ1v) is 6.79. The topological polar surface area (TPSA) is 31.4 Å². The summed E-state index contributed by atoms with van der Waals surface area (Å²) < 4.78 is 11.8. The van der Waals surface area contributed by atoms with Crippen LogP contribution in [0.3, 0.4) is 0 Å². The zero-order chi connectivity index (χ0) is 12.0. The van der Waals surface area contributed by atoms with Crippen LogP contribution in [0.1, 0.15) is 11.3 Å². The Balaban J connectivity index is 2.14. The van der Waals surface area contributed by atoms with Crippen molar-refractivity contribution in [3.05, 3.63) is 27.2 Å². The Morgan fingerprint density at radius 3 is 2.59 bits per heavy atom. The van der Waals surface area contributed by atoms with E-state index in [1.807, 2.05) is 19.1 Å². The summed E-state index contributed by atoms with van der Waals surface area (Å²) >= 11 is 5.14. The second-order valence-electron chi connectivity index (χ2n) is 3.90. The molecule has 0 radical (unpaired) electrons. The highest BCUT2D eigenvalue weighted by Crippen LogP contribution is 2.40. The molecular formula is C12H10BrNO2S. The van der Waals surface area contributed by atoms with Crippen molar-refractivity contribution in [1.29, 1.82) is 0 Å². The maximum atomic E-state index is 5.40. The van der Waals surface area contributed by atoms with Crippen LogP contribution in [0.5, 0.6) is 11.5 Å². The lowest BCUT2D eigenvalue weighted by molar-refractivity contribution is 0.174. The first-order chi connectivity index (χ1) is 8.15. The molecule has 0 saturated heterocycles. The lowest BCUT2D eigenvalue weighted by Gasteiger charge is -2.04. The number of benzene rings is 1. The number of aryl methyl sites for hydroxylation is 2. The van der Waals surface area contributed by atoms with Gasteiger partial charge in [0.1, 0.15) is 5.01 Å². The third kappa shape index (κ3) is 1.83. The van der Waals surface area contributed by atoms with Crippen molar-refractivity contribution in [2.45, 2.75) is 13.8 Å². The second kappa shape index (κ2) is 3.99. The maximum Gasteiger partial charge on any atom is 0.231 e. The van der Waals surface area contributed by atoms with Crippen LogP contribution in [0.15, 0.2) is 15.9 Å². The average molecular weight is 312 g/mol. The number of aromatic nitrogens is 1. The molecule has 0 aliphatic carbocycles. The van der Waals surface area contributed by atoms with Crippen molar-refractivity contribution in [2.75, 3.05) is 6.79 Å². The van der Waals surface area contributed by atoms with Gasteiger partial charge < -0.3 is 9.47 Å². The molecule has 2 heterocycles. The Labute approximate surface area is 112 Å². The van der Waals surface area contributed by atoms with E-state index >= 15 is 0 Å². The summed E-state index contributed by atoms with van der Waals surface area (Å²) in [5.41, 5.74) is 3.27. The average Bonchev–Trinajstić information content (AvgIpc) is 2.85. The highest BCUT2D eigenvalue weighted by molar-refractivity contribution is 9.11. The number of thiazole rings is 1. The molecule has 1 aliphatic rings. The van der Waals surface area contributed by atoms with E-state index in [0.717, 1.165) is 37.1 Å². The van der Waals surface area contributed by atoms with E-state index in [9.17, 15) is 0 Å². The highest BCUT2D eigenvalue weighted by Gasteiger charge is 2.18. The van der Waals surface area contributed by atoms with Crippen molar-refractivity contribution in [3.63, 3.8) is 0 Å². The van der Waals surface area contributed by atoms with Gasteiger partial charge in [-0.1, -0.05) is 0 Å². The zero-order valence-corrected chi connectivity index (χ0v) is 11.8. The first kappa shape index (κ1) is 11.0. The zero-order valence-electron chi connectivity index (χ0n) is 9.41. The van der Waals surface area contributed by atoms with Crippen LogP contribution in [0, 0.1) is 13.8 Å². The van der Waals surface area contributed by atoms with Gasteiger partial charge in [0.15, 0.2) is 11.5 Å². The van der Waals surface area contributed by atoms with Crippen LogP contribution in [0.2, 0.25) is 0 Å². The van der Waals surface area contributed by atoms with E-state index in [-0.39, 0.29) is 0 Å². The first-order valence-electron chi connectivity index (χ1n) is 5.18. The van der Waals surface area contributed by atoms with Gasteiger partial charge in [-0.15, -0.1) is 11.3 Å². The van der Waals surface area contributed by atoms with Gasteiger partial charge in [0, 0.05) is 5.56 Å². The summed E-state index contributed by atoms with van der Waals surface area (Å²) in [6.45, 7) is 4.35. The Kier molecular flexibility index (Phi) is 2.60. The minimum atomic E-state index is 0.304. The fraction of sp³-hybridized carbons (Fsp3) is 0.250. The molecular weight excluding hydrogens is 302 g/mol. The van der Waals surface area contributed by atoms with E-state index < -0.39 is 0 Å². The van der Waals surface area contributed by atoms with Gasteiger partial charge in [-0.05, 0) is 47.5 Å². The molecule has 0 fully saturated rings. The largest absolute Gasteiger partial charge is 0.454 e. The smallest absolute Gasteiger partial charge is 0.231 e. The van der Waals surface area contributed by atoms with Crippen LogP contribution >= 0.6 is 27.3 Å². The van der Waals surface area contributed by atoms with Crippen molar-refractivity contribution < 1.29 is 9.47 Å². The Hall–Kier alpha value is -1.07. The van der Waals surface area contributed by atoms with E-state index in [1.165, 1.54) is 0 Å². The summed E-state index contributed by atoms with van der Waals surface area (Å²) in [5.74, 6) is 1.62. The van der Waals surface area contributed by atoms with Crippen molar-refractivity contribution in [1.82, 2.24) is 4.98 Å². The molecule has 1 aromatic heterocycles. The normalized spacial score (nSPS) is 13.1. The number of rotatable bonds is 1. The predicted octanol–water partition coefficient (Wildman–Crippen LogP) is 3.92. The Morgan fingerprint density at radius 1 is 1.24 bits per heavy atom. The van der Waals surface area contributed by atoms with Crippen LogP contribution in [-0.4, -0.2) is 11.8 Å². The Bertz CT molecular complexity index is 575. The SMILES string of the molecule is Cc1cc2c(cc1-c1nc(C)c(Br)s1)OCO2. The molecule has 0 bridgehead atoms. The lowest BCUT2D eigenvalue weighted by Crippen LogP contribution is -1.92. The Morgan fingerprint density at radius 2 is 1.94 bits per heavy atom. The van der Waals surface area contributed by atoms with Gasteiger partial charge in [0.05, 0.1) is 9.48 Å². The molecule has 0 N–H and O–H groups in total. The van der Waals surface area contributed by atoms with Crippen LogP contribution < -0.4 is 9.47 Å². The number of hydrogen-bond donors (Lipinski definition) is 0. The van der Waals surface area contributed by atoms with Gasteiger partial charge in [-0.3, -0.25) is 0 Å². The molecule has 0 amide bonds. The summed E-state index contributed by atoms with van der Waals surface area (Å²) in [4.78, 5) is 4.54. The van der Waals surface area contributed by atoms with E-state index in [1.54, 1.807) is 11.3 Å². The molecule has 0 unspecified atom stereocenters. The fourth-order valence-electron chi connectivity index (χ4n) is 1.77. The maximum absolute atomic E-state index is 5.40. The lowest BCUT2D eigenvalue weighted by atomic mass is 10.1. The van der Waals surface area contributed by atoms with Gasteiger partial charge in [-0.2, -0.15) is 0 Å². The van der Waals surface area contributed by atoms with Gasteiger partial charge in [0.25, 0.3) is 0 Å². The van der Waals surface area contributed by atoms with Gasteiger partial charge in [-0.25, -0.2) is 4.98 Å². The van der Waals surface area contributed by atoms with Crippen molar-refractivity contribution >= 4 is 27.3 Å². The quantitative estimate of drug-likeness (QED) is 0.800. The summed E-state index contributed by atoms with van der Waals surface area (Å²) in [5, 5.41) is 1.00. The number of hydrogen-bond acceptors (Lipinski definition) is 4. The van der Waals surface area contributed by atoms with Crippen LogP contribution in [0.25, 0.3) is 10.6 Å². The van der Waals surface area contributed by atoms with Gasteiger partial charge >= 0.3 is 0 Å². The third-order valence-corrected chi connectivity index (χ3v) is 4.73. The molecule has 5 heteroatoms. The molecule has 1 aromatic carbocycles. The van der Waals surface area contributed by atoms with Crippen LogP contribution in [0.4, 0.5) is 0 Å². The number of fused-ring (bicyclic) bond motifs is 1. The molecule has 0 saturated carbocycles. The predicted molar refractivity (Wildman–Crippen MR) is 70.8 cm³/mol. The fourth-order valence-corrected chi connectivity index (χ4v) is 3.19. The molecule has 1 aliphatic heterocycles. The molecule has 17 heavy (non-hydrogen) atoms. The number of nitrogens with zero attached hydrogens (tertiary/aromatic N) is 1. The second-order valence-corrected chi connectivity index (χ2v) is 6.22. The monoisotopic (exact) mass is 311 g/mol. The minimum absolute atomic E-state index is 0.304. The number of halogens is 1. The summed E-state index contributed by atoms with van der Waals surface area (Å²) in [7, 11) is 0. The van der Waals surface area contributed by atoms with E-state index in [4.69, 9.17) is 9.47 Å². The highest BCUT2D eigenvalue weighted by atomic mass is 79.9. The molecule has 0 spiro atoms. The third-order valence-electron chi connectivity index (χ3n) is 2.69. The number of ether oxygens (including phenoxy) is 2. The van der Waals surface area contributed by atoms with Crippen LogP contribution in [-0.2, 0) is 0 Å². The molecule has 3 rings (SSSR count). The molecule has 2 aromatic rings. The standard InChI is InChI=1S/C12H10BrNO2S/c1-6-3-9-10(16-5-15-9)4-8(6)12-14-7(2)11(13)17-12/h3-4H,5H2,1-2H3. The minimum Gasteiger partial charge on any atom is -0.454 e. The molecule has 88 valence electrons. The van der Waals surface area contributed by atoms with E-state index in [0.29, 0.717) is 6.79 Å². The van der Waals surface area contributed by atoms with Crippen molar-refractivity contribution in [3.8, 4) is 22.1 Å². The van der Waals surface area contributed by atoms with E-state index in [2.05, 4.69) is 27.8 Å². The summed E-state index contributed by atoms with van der Waals surface area (Å²) in [6.07, 6.45) is 0. The van der Waals surface area contributed by atoms with Gasteiger partial charge in [0.2, 0.25) is 6.79 Å². The summed E-state index contributed by atoms with van der Waals surface area (Å²) in [6, 6.07) is 4.00. The molecule has 3 nitrogen and oxygen atoms in total. The molecule has 0 atom stereocenters. The van der Waals surface area contributed by atoms with Crippen molar-refractivity contribution in [2.24, 2.45) is 0 Å².